The lowest BCUT2D eigenvalue weighted by molar-refractivity contribution is 0.0958. The van der Waals surface area contributed by atoms with E-state index in [-0.39, 0.29) is 11.4 Å². The van der Waals surface area contributed by atoms with Gasteiger partial charge < -0.3 is 9.64 Å². The lowest BCUT2D eigenvalue weighted by Crippen LogP contribution is -2.51. The van der Waals surface area contributed by atoms with Crippen LogP contribution in [0, 0.1) is 0 Å². The van der Waals surface area contributed by atoms with Crippen LogP contribution in [0.25, 0.3) is 10.1 Å². The first-order valence-corrected chi connectivity index (χ1v) is 10.2. The molecule has 2 aromatic carbocycles. The number of benzene rings is 2. The Bertz CT molecular complexity index is 1040. The number of anilines is 1. The molecule has 0 fully saturated rings. The average Bonchev–Trinajstić information content (AvgIpc) is 2.97. The topological polar surface area (TPSA) is 29.5 Å². The number of fused-ring (bicyclic) bond motifs is 2. The van der Waals surface area contributed by atoms with Gasteiger partial charge in [-0.15, -0.1) is 11.3 Å². The minimum Gasteiger partial charge on any atom is -0.497 e. The molecule has 27 heavy (non-hydrogen) atoms. The summed E-state index contributed by atoms with van der Waals surface area (Å²) in [6, 6.07) is 13.9. The number of hydrogen-bond acceptors (Lipinski definition) is 3. The quantitative estimate of drug-likeness (QED) is 0.492. The summed E-state index contributed by atoms with van der Waals surface area (Å²) in [5, 5.41) is 1.47. The molecule has 1 amide bonds. The Morgan fingerprint density at radius 2 is 2.00 bits per heavy atom. The highest BCUT2D eigenvalue weighted by Gasteiger charge is 2.41. The normalized spacial score (nSPS) is 18.4. The van der Waals surface area contributed by atoms with E-state index in [0.717, 1.165) is 27.9 Å². The first kappa shape index (κ1) is 18.3. The van der Waals surface area contributed by atoms with Crippen molar-refractivity contribution in [2.24, 2.45) is 0 Å². The van der Waals surface area contributed by atoms with E-state index in [0.29, 0.717) is 15.8 Å². The zero-order chi connectivity index (χ0) is 19.3. The zero-order valence-corrected chi connectivity index (χ0v) is 17.4. The van der Waals surface area contributed by atoms with E-state index in [1.54, 1.807) is 7.11 Å². The maximum Gasteiger partial charge on any atom is 0.270 e. The zero-order valence-electron chi connectivity index (χ0n) is 15.9. The maximum atomic E-state index is 13.7. The Morgan fingerprint density at radius 1 is 1.26 bits per heavy atom. The fraction of sp³-hybridized carbons (Fsp3) is 0.318. The SMILES string of the molecule is COc1ccc2c(c1)N(C(=O)c1sc3ccccc3c1Cl)C(C)(C)CC2C. The largest absolute Gasteiger partial charge is 0.497 e. The molecule has 0 saturated heterocycles. The molecule has 5 heteroatoms. The van der Waals surface area contributed by atoms with Crippen molar-refractivity contribution < 1.29 is 9.53 Å². The second-order valence-electron chi connectivity index (χ2n) is 7.72. The van der Waals surface area contributed by atoms with Crippen LogP contribution in [-0.2, 0) is 0 Å². The summed E-state index contributed by atoms with van der Waals surface area (Å²) >= 11 is 8.07. The molecule has 0 aliphatic carbocycles. The highest BCUT2D eigenvalue weighted by molar-refractivity contribution is 7.21. The summed E-state index contributed by atoms with van der Waals surface area (Å²) in [6.45, 7) is 6.44. The number of carbonyl (C=O) groups is 1. The van der Waals surface area contributed by atoms with Crippen LogP contribution in [0.3, 0.4) is 0 Å². The summed E-state index contributed by atoms with van der Waals surface area (Å²) in [5.41, 5.74) is 1.76. The number of ether oxygens (including phenoxy) is 1. The van der Waals surface area contributed by atoms with Crippen molar-refractivity contribution in [3.8, 4) is 5.75 Å². The van der Waals surface area contributed by atoms with Crippen LogP contribution in [0.4, 0.5) is 5.69 Å². The minimum absolute atomic E-state index is 0.0485. The van der Waals surface area contributed by atoms with Crippen molar-refractivity contribution in [2.45, 2.75) is 38.6 Å². The van der Waals surface area contributed by atoms with Crippen molar-refractivity contribution in [1.82, 2.24) is 0 Å². The van der Waals surface area contributed by atoms with E-state index >= 15 is 0 Å². The monoisotopic (exact) mass is 399 g/mol. The molecule has 1 aliphatic rings. The highest BCUT2D eigenvalue weighted by atomic mass is 35.5. The molecule has 4 rings (SSSR count). The summed E-state index contributed by atoms with van der Waals surface area (Å²) < 4.78 is 6.46. The fourth-order valence-corrected chi connectivity index (χ4v) is 5.62. The molecule has 1 atom stereocenters. The number of amides is 1. The number of carbonyl (C=O) groups excluding carboxylic acids is 1. The maximum absolute atomic E-state index is 13.7. The Kier molecular flexibility index (Phi) is 4.44. The van der Waals surface area contributed by atoms with Crippen LogP contribution in [0.5, 0.6) is 5.75 Å². The predicted octanol–water partition coefficient (Wildman–Crippen LogP) is 6.50. The average molecular weight is 400 g/mol. The van der Waals surface area contributed by atoms with E-state index in [4.69, 9.17) is 16.3 Å². The predicted molar refractivity (Wildman–Crippen MR) is 114 cm³/mol. The molecule has 0 radical (unpaired) electrons. The third-order valence-electron chi connectivity index (χ3n) is 5.35. The smallest absolute Gasteiger partial charge is 0.270 e. The van der Waals surface area contributed by atoms with Gasteiger partial charge in [0.2, 0.25) is 0 Å². The number of hydrogen-bond donors (Lipinski definition) is 0. The molecule has 0 spiro atoms. The van der Waals surface area contributed by atoms with Gasteiger partial charge in [-0.3, -0.25) is 4.79 Å². The lowest BCUT2D eigenvalue weighted by Gasteiger charge is -2.46. The minimum atomic E-state index is -0.324. The van der Waals surface area contributed by atoms with Crippen molar-refractivity contribution in [3.63, 3.8) is 0 Å². The second-order valence-corrected chi connectivity index (χ2v) is 9.15. The standard InChI is InChI=1S/C22H22ClNO2S/c1-13-12-22(2,3)24(17-11-14(26-4)9-10-15(13)17)21(25)20-19(23)16-7-5-6-8-18(16)27-20/h5-11,13H,12H2,1-4H3. The summed E-state index contributed by atoms with van der Waals surface area (Å²) in [7, 11) is 1.65. The van der Waals surface area contributed by atoms with Crippen LogP contribution >= 0.6 is 22.9 Å². The van der Waals surface area contributed by atoms with Crippen molar-refractivity contribution in [1.29, 1.82) is 0 Å². The number of halogens is 1. The van der Waals surface area contributed by atoms with Gasteiger partial charge in [-0.1, -0.05) is 42.8 Å². The van der Waals surface area contributed by atoms with Gasteiger partial charge in [0.05, 0.1) is 17.8 Å². The van der Waals surface area contributed by atoms with Crippen LogP contribution in [-0.4, -0.2) is 18.6 Å². The molecule has 1 unspecified atom stereocenters. The molecule has 140 valence electrons. The van der Waals surface area contributed by atoms with Gasteiger partial charge in [0.15, 0.2) is 0 Å². The van der Waals surface area contributed by atoms with Gasteiger partial charge >= 0.3 is 0 Å². The molecule has 3 aromatic rings. The van der Waals surface area contributed by atoms with E-state index in [1.807, 2.05) is 41.3 Å². The molecular formula is C22H22ClNO2S. The van der Waals surface area contributed by atoms with Crippen molar-refractivity contribution in [2.75, 3.05) is 12.0 Å². The van der Waals surface area contributed by atoms with Crippen LogP contribution in [0.1, 0.15) is 48.3 Å². The van der Waals surface area contributed by atoms with Crippen molar-refractivity contribution >= 4 is 44.6 Å². The summed E-state index contributed by atoms with van der Waals surface area (Å²) in [4.78, 5) is 16.2. The number of methoxy groups -OCH3 is 1. The van der Waals surface area contributed by atoms with Crippen LogP contribution < -0.4 is 9.64 Å². The number of nitrogens with zero attached hydrogens (tertiary/aromatic N) is 1. The molecule has 1 aliphatic heterocycles. The molecule has 0 N–H and O–H groups in total. The van der Waals surface area contributed by atoms with Gasteiger partial charge in [0, 0.05) is 21.7 Å². The molecular weight excluding hydrogens is 378 g/mol. The van der Waals surface area contributed by atoms with E-state index in [1.165, 1.54) is 16.9 Å². The van der Waals surface area contributed by atoms with E-state index in [9.17, 15) is 4.79 Å². The Hall–Kier alpha value is -2.04. The van der Waals surface area contributed by atoms with Gasteiger partial charge in [-0.25, -0.2) is 0 Å². The van der Waals surface area contributed by atoms with Gasteiger partial charge in [-0.2, -0.15) is 0 Å². The van der Waals surface area contributed by atoms with Gasteiger partial charge in [0.1, 0.15) is 10.6 Å². The molecule has 0 saturated carbocycles. The second kappa shape index (κ2) is 6.54. The van der Waals surface area contributed by atoms with Gasteiger partial charge in [-0.05, 0) is 43.9 Å². The summed E-state index contributed by atoms with van der Waals surface area (Å²) in [6.07, 6.45) is 0.889. The fourth-order valence-electron chi connectivity index (χ4n) is 4.17. The van der Waals surface area contributed by atoms with E-state index < -0.39 is 0 Å². The number of thiophene rings is 1. The first-order valence-electron chi connectivity index (χ1n) is 9.03. The van der Waals surface area contributed by atoms with Crippen LogP contribution in [0.15, 0.2) is 42.5 Å². The number of rotatable bonds is 2. The van der Waals surface area contributed by atoms with Crippen molar-refractivity contribution in [3.05, 3.63) is 57.9 Å². The molecule has 2 heterocycles. The van der Waals surface area contributed by atoms with Crippen LogP contribution in [0.2, 0.25) is 5.02 Å². The Balaban J connectivity index is 1.89. The Morgan fingerprint density at radius 3 is 2.70 bits per heavy atom. The molecule has 1 aromatic heterocycles. The molecule has 0 bridgehead atoms. The Labute approximate surface area is 168 Å². The summed E-state index contributed by atoms with van der Waals surface area (Å²) in [5.74, 6) is 1.06. The lowest BCUT2D eigenvalue weighted by atomic mass is 9.80. The highest BCUT2D eigenvalue weighted by Crippen LogP contribution is 2.47. The first-order chi connectivity index (χ1) is 12.8. The van der Waals surface area contributed by atoms with E-state index in [2.05, 4.69) is 26.8 Å². The third kappa shape index (κ3) is 2.91. The molecule has 3 nitrogen and oxygen atoms in total. The van der Waals surface area contributed by atoms with Gasteiger partial charge in [0.25, 0.3) is 5.91 Å². The third-order valence-corrected chi connectivity index (χ3v) is 7.02.